The highest BCUT2D eigenvalue weighted by Gasteiger charge is 2.30. The largest absolute Gasteiger partial charge is 0.484 e. The molecule has 178 valence electrons. The summed E-state index contributed by atoms with van der Waals surface area (Å²) < 4.78 is 43.7. The van der Waals surface area contributed by atoms with Crippen molar-refractivity contribution in [1.82, 2.24) is 0 Å². The molecular weight excluding hydrogens is 445 g/mol. The highest BCUT2D eigenvalue weighted by Crippen LogP contribution is 2.30. The summed E-state index contributed by atoms with van der Waals surface area (Å²) in [7, 11) is 0. The van der Waals surface area contributed by atoms with Crippen molar-refractivity contribution in [2.45, 2.75) is 32.4 Å². The van der Waals surface area contributed by atoms with Gasteiger partial charge in [0, 0.05) is 16.9 Å². The van der Waals surface area contributed by atoms with E-state index in [4.69, 9.17) is 4.74 Å². The van der Waals surface area contributed by atoms with Crippen LogP contribution in [-0.2, 0) is 17.4 Å². The molecular formula is C26H25F3N2O3. The van der Waals surface area contributed by atoms with E-state index in [1.165, 1.54) is 17.7 Å². The van der Waals surface area contributed by atoms with Crippen molar-refractivity contribution in [2.75, 3.05) is 17.2 Å². The number of nitrogens with one attached hydrogen (secondary N) is 2. The Kier molecular flexibility index (Phi) is 8.29. The number of benzene rings is 3. The Balaban J connectivity index is 1.49. The number of carbonyl (C=O) groups is 2. The molecule has 5 nitrogen and oxygen atoms in total. The topological polar surface area (TPSA) is 67.4 Å². The van der Waals surface area contributed by atoms with Crippen LogP contribution in [0.1, 0.15) is 41.3 Å². The number of hydrogen-bond acceptors (Lipinski definition) is 3. The molecule has 0 spiro atoms. The van der Waals surface area contributed by atoms with E-state index in [1.54, 1.807) is 24.3 Å². The predicted molar refractivity (Wildman–Crippen MR) is 125 cm³/mol. The first kappa shape index (κ1) is 24.8. The Labute approximate surface area is 195 Å². The van der Waals surface area contributed by atoms with Crippen LogP contribution in [-0.4, -0.2) is 18.4 Å². The first-order chi connectivity index (χ1) is 16.2. The molecule has 0 aromatic heterocycles. The number of unbranched alkanes of at least 4 members (excludes halogenated alkanes) is 1. The fraction of sp³-hybridized carbons (Fsp3) is 0.231. The molecule has 0 unspecified atom stereocenters. The molecule has 0 bridgehead atoms. The Morgan fingerprint density at radius 2 is 1.59 bits per heavy atom. The molecule has 0 aliphatic carbocycles. The maximum absolute atomic E-state index is 12.8. The van der Waals surface area contributed by atoms with E-state index >= 15 is 0 Å². The molecule has 0 aliphatic heterocycles. The molecule has 0 fully saturated rings. The second-order valence-electron chi connectivity index (χ2n) is 7.69. The monoisotopic (exact) mass is 470 g/mol. The molecule has 0 heterocycles. The van der Waals surface area contributed by atoms with Crippen LogP contribution in [0, 0.1) is 0 Å². The number of aryl methyl sites for hydroxylation is 1. The van der Waals surface area contributed by atoms with Gasteiger partial charge in [0.1, 0.15) is 5.75 Å². The second-order valence-corrected chi connectivity index (χ2v) is 7.69. The van der Waals surface area contributed by atoms with Gasteiger partial charge in [0.2, 0.25) is 0 Å². The molecule has 34 heavy (non-hydrogen) atoms. The zero-order valence-corrected chi connectivity index (χ0v) is 18.6. The van der Waals surface area contributed by atoms with Crippen molar-refractivity contribution in [3.05, 3.63) is 89.5 Å². The average molecular weight is 470 g/mol. The zero-order chi connectivity index (χ0) is 24.6. The summed E-state index contributed by atoms with van der Waals surface area (Å²) in [5.41, 5.74) is 1.49. The lowest BCUT2D eigenvalue weighted by molar-refractivity contribution is -0.137. The summed E-state index contributed by atoms with van der Waals surface area (Å²) in [6.45, 7) is 1.74. The lowest BCUT2D eigenvalue weighted by Gasteiger charge is -2.11. The molecule has 2 N–H and O–H groups in total. The van der Waals surface area contributed by atoms with E-state index in [1.807, 2.05) is 24.3 Å². The molecule has 0 radical (unpaired) electrons. The second kappa shape index (κ2) is 11.4. The third kappa shape index (κ3) is 7.37. The molecule has 3 rings (SSSR count). The number of rotatable bonds is 9. The molecule has 2 amide bonds. The van der Waals surface area contributed by atoms with Gasteiger partial charge in [0.05, 0.1) is 5.56 Å². The number of alkyl halides is 3. The van der Waals surface area contributed by atoms with Crippen molar-refractivity contribution >= 4 is 23.2 Å². The van der Waals surface area contributed by atoms with Crippen molar-refractivity contribution < 1.29 is 27.5 Å². The Hall–Kier alpha value is -3.81. The molecule has 0 atom stereocenters. The number of amides is 2. The Morgan fingerprint density at radius 3 is 2.24 bits per heavy atom. The summed E-state index contributed by atoms with van der Waals surface area (Å²) in [5.74, 6) is -0.547. The molecule has 3 aromatic rings. The van der Waals surface area contributed by atoms with Crippen LogP contribution in [0.4, 0.5) is 24.5 Å². The van der Waals surface area contributed by atoms with Crippen molar-refractivity contribution in [3.8, 4) is 5.75 Å². The van der Waals surface area contributed by atoms with Crippen molar-refractivity contribution in [3.63, 3.8) is 0 Å². The van der Waals surface area contributed by atoms with Gasteiger partial charge in [-0.1, -0.05) is 31.5 Å². The lowest BCUT2D eigenvalue weighted by atomic mass is 10.1. The normalized spacial score (nSPS) is 11.1. The maximum Gasteiger partial charge on any atom is 0.416 e. The van der Waals surface area contributed by atoms with E-state index in [2.05, 4.69) is 17.6 Å². The summed E-state index contributed by atoms with van der Waals surface area (Å²) in [6, 6.07) is 18.3. The smallest absolute Gasteiger partial charge is 0.416 e. The van der Waals surface area contributed by atoms with E-state index in [9.17, 15) is 22.8 Å². The fourth-order valence-electron chi connectivity index (χ4n) is 3.16. The summed E-state index contributed by atoms with van der Waals surface area (Å²) >= 11 is 0. The number of hydrogen-bond donors (Lipinski definition) is 2. The van der Waals surface area contributed by atoms with Crippen LogP contribution >= 0.6 is 0 Å². The molecule has 3 aromatic carbocycles. The van der Waals surface area contributed by atoms with Crippen LogP contribution in [0.2, 0.25) is 0 Å². The van der Waals surface area contributed by atoms with E-state index in [0.29, 0.717) is 17.0 Å². The molecule has 8 heteroatoms. The highest BCUT2D eigenvalue weighted by molar-refractivity contribution is 6.04. The lowest BCUT2D eigenvalue weighted by Crippen LogP contribution is -2.20. The van der Waals surface area contributed by atoms with E-state index in [0.717, 1.165) is 31.4 Å². The first-order valence-corrected chi connectivity index (χ1v) is 10.8. The molecule has 0 saturated heterocycles. The van der Waals surface area contributed by atoms with E-state index < -0.39 is 24.3 Å². The van der Waals surface area contributed by atoms with Crippen LogP contribution in [0.5, 0.6) is 5.75 Å². The number of carbonyl (C=O) groups excluding carboxylic acids is 2. The van der Waals surface area contributed by atoms with Gasteiger partial charge in [0.25, 0.3) is 11.8 Å². The van der Waals surface area contributed by atoms with Gasteiger partial charge in [-0.2, -0.15) is 13.2 Å². The van der Waals surface area contributed by atoms with E-state index in [-0.39, 0.29) is 11.6 Å². The minimum atomic E-state index is -4.50. The minimum absolute atomic E-state index is 0.0221. The van der Waals surface area contributed by atoms with Crippen molar-refractivity contribution in [2.24, 2.45) is 0 Å². The van der Waals surface area contributed by atoms with Crippen molar-refractivity contribution in [1.29, 1.82) is 0 Å². The van der Waals surface area contributed by atoms with Gasteiger partial charge in [-0.3, -0.25) is 9.59 Å². The number of anilines is 2. The van der Waals surface area contributed by atoms with Crippen LogP contribution < -0.4 is 15.4 Å². The van der Waals surface area contributed by atoms with Gasteiger partial charge >= 0.3 is 6.18 Å². The van der Waals surface area contributed by atoms with Gasteiger partial charge in [-0.15, -0.1) is 0 Å². The fourth-order valence-corrected chi connectivity index (χ4v) is 3.16. The third-order valence-corrected chi connectivity index (χ3v) is 4.99. The SMILES string of the molecule is CCCCc1ccc(NC(=O)c2ccc(OCC(=O)Nc3cccc(C(F)(F)F)c3)cc2)cc1. The predicted octanol–water partition coefficient (Wildman–Crippen LogP) is 6.32. The summed E-state index contributed by atoms with van der Waals surface area (Å²) in [4.78, 5) is 24.5. The Bertz CT molecular complexity index is 1110. The van der Waals surface area contributed by atoms with Gasteiger partial charge in [-0.05, 0) is 73.0 Å². The highest BCUT2D eigenvalue weighted by atomic mass is 19.4. The maximum atomic E-state index is 12.8. The first-order valence-electron chi connectivity index (χ1n) is 10.8. The number of ether oxygens (including phenoxy) is 1. The van der Waals surface area contributed by atoms with Crippen LogP contribution in [0.15, 0.2) is 72.8 Å². The Morgan fingerprint density at radius 1 is 0.882 bits per heavy atom. The zero-order valence-electron chi connectivity index (χ0n) is 18.6. The quantitative estimate of drug-likeness (QED) is 0.385. The molecule has 0 aliphatic rings. The summed E-state index contributed by atoms with van der Waals surface area (Å²) in [6.07, 6.45) is -1.25. The van der Waals surface area contributed by atoms with Gasteiger partial charge in [0.15, 0.2) is 6.61 Å². The van der Waals surface area contributed by atoms with Gasteiger partial charge in [-0.25, -0.2) is 0 Å². The third-order valence-electron chi connectivity index (χ3n) is 4.99. The summed E-state index contributed by atoms with van der Waals surface area (Å²) in [5, 5.41) is 5.20. The minimum Gasteiger partial charge on any atom is -0.484 e. The average Bonchev–Trinajstić information content (AvgIpc) is 2.82. The van der Waals surface area contributed by atoms with Crippen LogP contribution in [0.25, 0.3) is 0 Å². The number of halogens is 3. The van der Waals surface area contributed by atoms with Gasteiger partial charge < -0.3 is 15.4 Å². The van der Waals surface area contributed by atoms with Crippen LogP contribution in [0.3, 0.4) is 0 Å². The standard InChI is InChI=1S/C26H25F3N2O3/c1-2-3-5-18-8-12-21(13-9-18)31-25(33)19-10-14-23(15-11-19)34-17-24(32)30-22-7-4-6-20(16-22)26(27,28)29/h4,6-16H,2-3,5,17H2,1H3,(H,30,32)(H,31,33). The molecule has 0 saturated carbocycles.